The number of hydrogen-bond donors (Lipinski definition) is 2. The highest BCUT2D eigenvalue weighted by molar-refractivity contribution is 5.77. The van der Waals surface area contributed by atoms with E-state index in [4.69, 9.17) is 9.47 Å². The molecular weight excluding hydrogens is 440 g/mol. The molecule has 2 fully saturated rings. The summed E-state index contributed by atoms with van der Waals surface area (Å²) in [5.41, 5.74) is 0. The van der Waals surface area contributed by atoms with Crippen LogP contribution >= 0.6 is 0 Å². The van der Waals surface area contributed by atoms with Gasteiger partial charge in [-0.1, -0.05) is 0 Å². The van der Waals surface area contributed by atoms with Crippen molar-refractivity contribution < 1.29 is 19.1 Å². The fourth-order valence-corrected chi connectivity index (χ4v) is 6.12. The van der Waals surface area contributed by atoms with E-state index in [9.17, 15) is 9.59 Å². The molecule has 0 bridgehead atoms. The molecule has 2 saturated carbocycles. The molecule has 4 rings (SSSR count). The van der Waals surface area contributed by atoms with Gasteiger partial charge in [0.15, 0.2) is 0 Å². The van der Waals surface area contributed by atoms with Gasteiger partial charge in [-0.25, -0.2) is 0 Å². The Labute approximate surface area is 211 Å². The van der Waals surface area contributed by atoms with Crippen LogP contribution in [-0.4, -0.2) is 51.3 Å². The van der Waals surface area contributed by atoms with Crippen molar-refractivity contribution in [3.63, 3.8) is 0 Å². The molecule has 6 nitrogen and oxygen atoms in total. The molecule has 0 saturated heterocycles. The number of carbonyl (C=O) groups is 2. The summed E-state index contributed by atoms with van der Waals surface area (Å²) in [6.45, 7) is 3.00. The first kappa shape index (κ1) is 26.1. The van der Waals surface area contributed by atoms with Gasteiger partial charge in [-0.3, -0.25) is 9.59 Å². The summed E-state index contributed by atoms with van der Waals surface area (Å²) in [5.74, 6) is 17.1. The normalized spacial score (nSPS) is 30.3. The third-order valence-electron chi connectivity index (χ3n) is 8.26. The maximum Gasteiger partial charge on any atom is 0.245 e. The second-order valence-corrected chi connectivity index (χ2v) is 10.6. The summed E-state index contributed by atoms with van der Waals surface area (Å²) in [7, 11) is 0. The van der Waals surface area contributed by atoms with Crippen LogP contribution in [-0.2, 0) is 19.1 Å². The lowest BCUT2D eigenvalue weighted by Gasteiger charge is -2.08. The standard InChI is InChI=1S/C29H42N2O4/c32-28(20-34-18-26-22-12-6-1-2-7-13-23(22)26)30-16-10-5-11-17-31-29(33)21-35-19-27-24-14-8-3-4-9-15-25(24)27/h22-27H,5-21H2,(H,30,32)(H,31,33). The van der Waals surface area contributed by atoms with Gasteiger partial charge in [0.1, 0.15) is 13.2 Å². The minimum atomic E-state index is -0.0360. The van der Waals surface area contributed by atoms with E-state index in [-0.39, 0.29) is 25.0 Å². The topological polar surface area (TPSA) is 76.7 Å². The van der Waals surface area contributed by atoms with Crippen LogP contribution in [0.2, 0.25) is 0 Å². The Hall–Kier alpha value is -2.02. The Morgan fingerprint density at radius 3 is 1.34 bits per heavy atom. The number of unbranched alkanes of at least 4 members (excludes halogenated alkanes) is 2. The van der Waals surface area contributed by atoms with Crippen molar-refractivity contribution in [2.24, 2.45) is 35.5 Å². The summed E-state index contributed by atoms with van der Waals surface area (Å²) in [6.07, 6.45) is 11.5. The van der Waals surface area contributed by atoms with E-state index < -0.39 is 0 Å². The van der Waals surface area contributed by atoms with Crippen LogP contribution in [0.25, 0.3) is 0 Å². The van der Waals surface area contributed by atoms with Gasteiger partial charge in [0.05, 0.1) is 13.2 Å². The molecule has 35 heavy (non-hydrogen) atoms. The van der Waals surface area contributed by atoms with Gasteiger partial charge in [-0.05, 0) is 80.5 Å². The van der Waals surface area contributed by atoms with Crippen LogP contribution in [0.15, 0.2) is 0 Å². The van der Waals surface area contributed by atoms with Crippen molar-refractivity contribution in [2.45, 2.75) is 70.6 Å². The summed E-state index contributed by atoms with van der Waals surface area (Å²) in [4.78, 5) is 24.0. The molecule has 0 aromatic heterocycles. The van der Waals surface area contributed by atoms with Crippen molar-refractivity contribution in [3.8, 4) is 23.7 Å². The molecule has 0 aliphatic heterocycles. The quantitative estimate of drug-likeness (QED) is 0.294. The lowest BCUT2D eigenvalue weighted by Crippen LogP contribution is -2.30. The van der Waals surface area contributed by atoms with Gasteiger partial charge in [-0.15, -0.1) is 23.7 Å². The van der Waals surface area contributed by atoms with Crippen LogP contribution in [0.3, 0.4) is 0 Å². The number of amides is 2. The molecular formula is C29H42N2O4. The number of carbonyl (C=O) groups excluding carboxylic acids is 2. The first-order valence-electron chi connectivity index (χ1n) is 13.8. The maximum atomic E-state index is 12.0. The number of nitrogens with one attached hydrogen (secondary N) is 2. The molecule has 4 aliphatic carbocycles. The molecule has 0 aromatic rings. The Kier molecular flexibility index (Phi) is 10.4. The zero-order valence-corrected chi connectivity index (χ0v) is 21.1. The SMILES string of the molecule is O=C(COCC1C2CCC#CCCC21)NCCCCCNC(=O)COCC1C2CCC#CCCC21. The Bertz CT molecular complexity index is 731. The average Bonchev–Trinajstić information content (AvgIpc) is 3.66. The van der Waals surface area contributed by atoms with Crippen LogP contribution < -0.4 is 10.6 Å². The Morgan fingerprint density at radius 1 is 0.600 bits per heavy atom. The van der Waals surface area contributed by atoms with Crippen molar-refractivity contribution in [1.82, 2.24) is 10.6 Å². The van der Waals surface area contributed by atoms with Gasteiger partial charge in [0.25, 0.3) is 0 Å². The smallest absolute Gasteiger partial charge is 0.245 e. The first-order valence-corrected chi connectivity index (χ1v) is 13.8. The van der Waals surface area contributed by atoms with E-state index in [0.29, 0.717) is 38.1 Å². The molecule has 0 heterocycles. The Balaban J connectivity index is 0.916. The fraction of sp³-hybridized carbons (Fsp3) is 0.793. The molecule has 0 radical (unpaired) electrons. The van der Waals surface area contributed by atoms with E-state index in [1.165, 1.54) is 25.7 Å². The summed E-state index contributed by atoms with van der Waals surface area (Å²) >= 11 is 0. The molecule has 192 valence electrons. The van der Waals surface area contributed by atoms with Gasteiger partial charge in [0, 0.05) is 38.8 Å². The van der Waals surface area contributed by atoms with E-state index in [1.807, 2.05) is 0 Å². The molecule has 0 aromatic carbocycles. The van der Waals surface area contributed by atoms with Crippen molar-refractivity contribution >= 4 is 11.8 Å². The summed E-state index contributed by atoms with van der Waals surface area (Å²) in [6, 6.07) is 0. The zero-order chi connectivity index (χ0) is 24.3. The Morgan fingerprint density at radius 2 is 0.971 bits per heavy atom. The number of fused-ring (bicyclic) bond motifs is 2. The maximum absolute atomic E-state index is 12.0. The van der Waals surface area contributed by atoms with E-state index >= 15 is 0 Å². The number of ether oxygens (including phenoxy) is 2. The summed E-state index contributed by atoms with van der Waals surface area (Å²) in [5, 5.41) is 5.87. The third-order valence-corrected chi connectivity index (χ3v) is 8.26. The van der Waals surface area contributed by atoms with E-state index in [0.717, 1.165) is 68.6 Å². The molecule has 4 atom stereocenters. The van der Waals surface area contributed by atoms with Gasteiger partial charge in [0.2, 0.25) is 11.8 Å². The largest absolute Gasteiger partial charge is 0.371 e. The molecule has 4 aliphatic rings. The second-order valence-electron chi connectivity index (χ2n) is 10.6. The first-order chi connectivity index (χ1) is 17.2. The van der Waals surface area contributed by atoms with Gasteiger partial charge >= 0.3 is 0 Å². The van der Waals surface area contributed by atoms with Crippen molar-refractivity contribution in [1.29, 1.82) is 0 Å². The molecule has 0 spiro atoms. The monoisotopic (exact) mass is 482 g/mol. The molecule has 6 heteroatoms. The number of hydrogen-bond acceptors (Lipinski definition) is 4. The van der Waals surface area contributed by atoms with E-state index in [2.05, 4.69) is 34.3 Å². The fourth-order valence-electron chi connectivity index (χ4n) is 6.12. The summed E-state index contributed by atoms with van der Waals surface area (Å²) < 4.78 is 11.4. The van der Waals surface area contributed by atoms with Gasteiger partial charge < -0.3 is 20.1 Å². The molecule has 2 N–H and O–H groups in total. The predicted octanol–water partition coefficient (Wildman–Crippen LogP) is 3.30. The lowest BCUT2D eigenvalue weighted by atomic mass is 10.1. The third kappa shape index (κ3) is 8.55. The van der Waals surface area contributed by atoms with Crippen LogP contribution in [0, 0.1) is 59.2 Å². The second kappa shape index (κ2) is 13.9. The highest BCUT2D eigenvalue weighted by Gasteiger charge is 2.49. The minimum Gasteiger partial charge on any atom is -0.371 e. The zero-order valence-electron chi connectivity index (χ0n) is 21.1. The van der Waals surface area contributed by atoms with Crippen LogP contribution in [0.1, 0.15) is 70.6 Å². The van der Waals surface area contributed by atoms with E-state index in [1.54, 1.807) is 0 Å². The predicted molar refractivity (Wildman–Crippen MR) is 135 cm³/mol. The molecule has 2 amide bonds. The van der Waals surface area contributed by atoms with Crippen LogP contribution in [0.5, 0.6) is 0 Å². The highest BCUT2D eigenvalue weighted by atomic mass is 16.5. The lowest BCUT2D eigenvalue weighted by molar-refractivity contribution is -0.126. The average molecular weight is 483 g/mol. The van der Waals surface area contributed by atoms with Crippen molar-refractivity contribution in [2.75, 3.05) is 39.5 Å². The van der Waals surface area contributed by atoms with Crippen LogP contribution in [0.4, 0.5) is 0 Å². The van der Waals surface area contributed by atoms with Crippen molar-refractivity contribution in [3.05, 3.63) is 0 Å². The molecule has 4 unspecified atom stereocenters. The minimum absolute atomic E-state index is 0.0360. The van der Waals surface area contributed by atoms with Gasteiger partial charge in [-0.2, -0.15) is 0 Å². The number of rotatable bonds is 14. The highest BCUT2D eigenvalue weighted by Crippen LogP contribution is 2.53.